The van der Waals surface area contributed by atoms with Gasteiger partial charge in [-0.05, 0) is 62.1 Å². The van der Waals surface area contributed by atoms with Crippen molar-refractivity contribution in [2.24, 2.45) is 0 Å². The van der Waals surface area contributed by atoms with Gasteiger partial charge in [-0.25, -0.2) is 9.37 Å². The topological polar surface area (TPSA) is 91.4 Å². The lowest BCUT2D eigenvalue weighted by atomic mass is 9.94. The van der Waals surface area contributed by atoms with Gasteiger partial charge >= 0.3 is 0 Å². The van der Waals surface area contributed by atoms with Gasteiger partial charge in [-0.15, -0.1) is 0 Å². The molecule has 4 rings (SSSR count). The lowest BCUT2D eigenvalue weighted by molar-refractivity contribution is -0.127. The molecule has 3 aromatic rings. The summed E-state index contributed by atoms with van der Waals surface area (Å²) in [6, 6.07) is 17.4. The summed E-state index contributed by atoms with van der Waals surface area (Å²) in [5.41, 5.74) is 1.95. The van der Waals surface area contributed by atoms with Gasteiger partial charge in [-0.1, -0.05) is 61.2 Å². The number of aryl methyl sites for hydroxylation is 1. The summed E-state index contributed by atoms with van der Waals surface area (Å²) >= 11 is 0. The summed E-state index contributed by atoms with van der Waals surface area (Å²) in [4.78, 5) is 45.4. The van der Waals surface area contributed by atoms with E-state index in [-0.39, 0.29) is 43.0 Å². The van der Waals surface area contributed by atoms with E-state index in [1.54, 1.807) is 30.5 Å². The summed E-state index contributed by atoms with van der Waals surface area (Å²) < 4.78 is 14.4. The van der Waals surface area contributed by atoms with Crippen molar-refractivity contribution in [1.82, 2.24) is 10.3 Å². The van der Waals surface area contributed by atoms with E-state index in [1.165, 1.54) is 23.1 Å². The van der Waals surface area contributed by atoms with E-state index in [9.17, 15) is 18.8 Å². The lowest BCUT2D eigenvalue weighted by Gasteiger charge is -2.33. The van der Waals surface area contributed by atoms with E-state index in [2.05, 4.69) is 15.6 Å². The van der Waals surface area contributed by atoms with Crippen molar-refractivity contribution >= 4 is 29.2 Å². The molecule has 1 aliphatic carbocycles. The molecule has 1 aliphatic rings. The quantitative estimate of drug-likeness (QED) is 0.343. The molecule has 3 amide bonds. The Kier molecular flexibility index (Phi) is 9.78. The Balaban J connectivity index is 1.57. The molecule has 2 aromatic carbocycles. The molecule has 0 aliphatic heterocycles. The van der Waals surface area contributed by atoms with Gasteiger partial charge in [0, 0.05) is 30.8 Å². The van der Waals surface area contributed by atoms with E-state index in [4.69, 9.17) is 0 Å². The van der Waals surface area contributed by atoms with Crippen LogP contribution in [-0.2, 0) is 14.4 Å². The van der Waals surface area contributed by atoms with Crippen LogP contribution in [0.4, 0.5) is 15.9 Å². The number of hydrogen-bond donors (Lipinski definition) is 2. The second-order valence-electron chi connectivity index (χ2n) is 10.0. The maximum atomic E-state index is 14.4. The number of nitrogens with zero attached hydrogens (tertiary/aromatic N) is 2. The van der Waals surface area contributed by atoms with Crippen LogP contribution in [0, 0.1) is 12.7 Å². The Bertz CT molecular complexity index is 1260. The number of benzene rings is 2. The normalized spacial score (nSPS) is 14.3. The molecule has 1 atom stereocenters. The second-order valence-corrected chi connectivity index (χ2v) is 10.0. The summed E-state index contributed by atoms with van der Waals surface area (Å²) in [6.07, 6.45) is 6.98. The van der Waals surface area contributed by atoms with Gasteiger partial charge in [0.05, 0.1) is 0 Å². The Morgan fingerprint density at radius 3 is 2.44 bits per heavy atom. The molecule has 0 bridgehead atoms. The molecular formula is C31H35FN4O3. The molecule has 204 valence electrons. The van der Waals surface area contributed by atoms with Crippen molar-refractivity contribution < 1.29 is 18.8 Å². The van der Waals surface area contributed by atoms with Gasteiger partial charge in [-0.2, -0.15) is 0 Å². The zero-order chi connectivity index (χ0) is 27.6. The van der Waals surface area contributed by atoms with E-state index < -0.39 is 11.9 Å². The molecule has 7 nitrogen and oxygen atoms in total. The van der Waals surface area contributed by atoms with Crippen molar-refractivity contribution in [3.05, 3.63) is 89.9 Å². The van der Waals surface area contributed by atoms with Gasteiger partial charge in [0.2, 0.25) is 17.7 Å². The number of amides is 3. The minimum Gasteiger partial charge on any atom is -0.351 e. The Morgan fingerprint density at radius 2 is 1.74 bits per heavy atom. The van der Waals surface area contributed by atoms with Crippen LogP contribution in [0.25, 0.3) is 0 Å². The molecule has 1 unspecified atom stereocenters. The first-order chi connectivity index (χ1) is 18.9. The van der Waals surface area contributed by atoms with Gasteiger partial charge in [-0.3, -0.25) is 19.3 Å². The summed E-state index contributed by atoms with van der Waals surface area (Å²) in [5, 5.41) is 5.87. The minimum absolute atomic E-state index is 0.00518. The van der Waals surface area contributed by atoms with Crippen molar-refractivity contribution in [3.63, 3.8) is 0 Å². The molecule has 1 heterocycles. The summed E-state index contributed by atoms with van der Waals surface area (Å²) in [5.74, 6) is -0.986. The number of halogens is 1. The van der Waals surface area contributed by atoms with Crippen molar-refractivity contribution in [1.29, 1.82) is 0 Å². The second kappa shape index (κ2) is 13.6. The first-order valence-electron chi connectivity index (χ1n) is 13.6. The molecule has 0 radical (unpaired) electrons. The van der Waals surface area contributed by atoms with Crippen LogP contribution < -0.4 is 15.5 Å². The first kappa shape index (κ1) is 28.0. The predicted molar refractivity (Wildman–Crippen MR) is 150 cm³/mol. The monoisotopic (exact) mass is 530 g/mol. The Hall–Kier alpha value is -4.07. The fourth-order valence-electron chi connectivity index (χ4n) is 4.92. The van der Waals surface area contributed by atoms with Crippen LogP contribution in [0.5, 0.6) is 0 Å². The zero-order valence-corrected chi connectivity index (χ0v) is 22.2. The molecular weight excluding hydrogens is 495 g/mol. The number of pyridine rings is 1. The van der Waals surface area contributed by atoms with E-state index >= 15 is 0 Å². The predicted octanol–water partition coefficient (Wildman–Crippen LogP) is 5.86. The van der Waals surface area contributed by atoms with Gasteiger partial charge < -0.3 is 10.6 Å². The maximum Gasteiger partial charge on any atom is 0.248 e. The fraction of sp³-hybridized carbons (Fsp3) is 0.355. The van der Waals surface area contributed by atoms with Gasteiger partial charge in [0.15, 0.2) is 0 Å². The van der Waals surface area contributed by atoms with Crippen LogP contribution in [0.15, 0.2) is 72.9 Å². The van der Waals surface area contributed by atoms with Crippen LogP contribution in [0.2, 0.25) is 0 Å². The average Bonchev–Trinajstić information content (AvgIpc) is 2.93. The number of nitrogens with one attached hydrogen (secondary N) is 2. The zero-order valence-electron chi connectivity index (χ0n) is 22.2. The molecule has 0 spiro atoms. The largest absolute Gasteiger partial charge is 0.351 e. The third kappa shape index (κ3) is 7.96. The number of aromatic nitrogens is 1. The highest BCUT2D eigenvalue weighted by Crippen LogP contribution is 2.31. The Labute approximate surface area is 228 Å². The van der Waals surface area contributed by atoms with Crippen LogP contribution in [0.1, 0.15) is 68.5 Å². The fourth-order valence-corrected chi connectivity index (χ4v) is 4.92. The third-order valence-corrected chi connectivity index (χ3v) is 6.93. The van der Waals surface area contributed by atoms with E-state index in [0.29, 0.717) is 17.1 Å². The highest BCUT2D eigenvalue weighted by molar-refractivity contribution is 6.01. The van der Waals surface area contributed by atoms with E-state index in [1.807, 2.05) is 31.2 Å². The van der Waals surface area contributed by atoms with Crippen molar-refractivity contribution in [2.75, 3.05) is 10.2 Å². The summed E-state index contributed by atoms with van der Waals surface area (Å²) in [7, 11) is 0. The molecule has 1 aromatic heterocycles. The SMILES string of the molecule is Cc1ccc(C(C(=O)NC2CCCCC2)N(C(=O)CCCC(=O)Nc2ccccn2)c2cccc(F)c2)cc1. The van der Waals surface area contributed by atoms with Crippen molar-refractivity contribution in [3.8, 4) is 0 Å². The van der Waals surface area contributed by atoms with Gasteiger partial charge in [0.1, 0.15) is 17.7 Å². The molecule has 1 saturated carbocycles. The Morgan fingerprint density at radius 1 is 0.974 bits per heavy atom. The summed E-state index contributed by atoms with van der Waals surface area (Å²) in [6.45, 7) is 1.95. The molecule has 2 N–H and O–H groups in total. The maximum absolute atomic E-state index is 14.4. The number of carbonyl (C=O) groups is 3. The minimum atomic E-state index is -0.982. The number of anilines is 2. The number of hydrogen-bond acceptors (Lipinski definition) is 4. The molecule has 39 heavy (non-hydrogen) atoms. The molecule has 0 saturated heterocycles. The first-order valence-corrected chi connectivity index (χ1v) is 13.6. The highest BCUT2D eigenvalue weighted by atomic mass is 19.1. The number of rotatable bonds is 10. The lowest BCUT2D eigenvalue weighted by Crippen LogP contribution is -2.47. The van der Waals surface area contributed by atoms with Crippen LogP contribution in [-0.4, -0.2) is 28.7 Å². The van der Waals surface area contributed by atoms with E-state index in [0.717, 1.165) is 37.7 Å². The smallest absolute Gasteiger partial charge is 0.248 e. The van der Waals surface area contributed by atoms with Crippen LogP contribution in [0.3, 0.4) is 0 Å². The number of carbonyl (C=O) groups excluding carboxylic acids is 3. The average molecular weight is 531 g/mol. The molecule has 1 fully saturated rings. The van der Waals surface area contributed by atoms with Crippen molar-refractivity contribution in [2.45, 2.75) is 70.4 Å². The standard InChI is InChI=1S/C31H35FN4O3/c1-22-16-18-23(19-17-22)30(31(39)34-25-10-3-2-4-11-25)36(26-12-7-9-24(32)21-26)29(38)15-8-14-28(37)35-27-13-5-6-20-33-27/h5-7,9,12-13,16-21,25,30H,2-4,8,10-11,14-15H2,1H3,(H,34,39)(H,33,35,37). The highest BCUT2D eigenvalue weighted by Gasteiger charge is 2.34. The molecule has 8 heteroatoms. The third-order valence-electron chi connectivity index (χ3n) is 6.93. The van der Waals surface area contributed by atoms with Crippen LogP contribution >= 0.6 is 0 Å². The van der Waals surface area contributed by atoms with Gasteiger partial charge in [0.25, 0.3) is 0 Å².